The predicted molar refractivity (Wildman–Crippen MR) is 350 cm³/mol. The van der Waals surface area contributed by atoms with Gasteiger partial charge in [-0.1, -0.05) is 40.0 Å². The van der Waals surface area contributed by atoms with Crippen molar-refractivity contribution in [2.75, 3.05) is 160 Å². The molecule has 1 unspecified atom stereocenters. The van der Waals surface area contributed by atoms with E-state index in [0.717, 1.165) is 32.1 Å². The number of ether oxygens (including phenoxy) is 11. The van der Waals surface area contributed by atoms with Gasteiger partial charge in [-0.05, 0) is 105 Å². The number of benzene rings is 4. The number of hydrogen-bond acceptors (Lipinski definition) is 23. The highest BCUT2D eigenvalue weighted by molar-refractivity contribution is 7.89. The third kappa shape index (κ3) is 20.2. The average Bonchev–Trinajstić information content (AvgIpc) is 0.844. The summed E-state index contributed by atoms with van der Waals surface area (Å²) in [5.74, 6) is 1.56. The van der Waals surface area contributed by atoms with Gasteiger partial charge in [0.1, 0.15) is 49.2 Å². The first-order valence-electron chi connectivity index (χ1n) is 31.5. The molecule has 27 heteroatoms. The minimum absolute atomic E-state index is 0.0163. The number of hydrogen-bond donors (Lipinski definition) is 4. The van der Waals surface area contributed by atoms with Gasteiger partial charge >= 0.3 is 0 Å². The van der Waals surface area contributed by atoms with Gasteiger partial charge in [-0.25, -0.2) is 16.8 Å². The van der Waals surface area contributed by atoms with Gasteiger partial charge in [-0.2, -0.15) is 8.61 Å². The van der Waals surface area contributed by atoms with Gasteiger partial charge in [0.05, 0.1) is 102 Å². The van der Waals surface area contributed by atoms with Crippen LogP contribution in [0.5, 0.6) is 23.0 Å². The fourth-order valence-electron chi connectivity index (χ4n) is 9.80. The van der Waals surface area contributed by atoms with E-state index in [2.05, 4.69) is 21.3 Å². The maximum Gasteiger partial charge on any atom is 0.253 e. The normalized spacial score (nSPS) is 16.7. The van der Waals surface area contributed by atoms with Gasteiger partial charge in [-0.15, -0.1) is 0 Å². The SMILES string of the molecule is CCCCN(CCCC)S(=O)(=O)c1ccc(Nc2c(Nc3ccc4c(c3)OCCOCCOC(CCCN(CCCC)S(=O)(=O)c3ccc(Nc5c(Nc6ccc7c(c6)OCCOCCOCCOCCOCCO7)c(=O)c5=O)cc3)COCCO4)c(=O)c2=O)cc1. The molecular weight excluding hydrogens is 1230 g/mol. The molecule has 0 saturated heterocycles. The Kier molecular flexibility index (Phi) is 28.1. The lowest BCUT2D eigenvalue weighted by Gasteiger charge is -2.24. The summed E-state index contributed by atoms with van der Waals surface area (Å²) in [6.45, 7) is 12.2. The minimum atomic E-state index is -3.98. The number of unbranched alkanes of at least 4 members (excludes halogenated alkanes) is 3. The Bertz CT molecular complexity index is 3630. The van der Waals surface area contributed by atoms with Gasteiger partial charge in [0.15, 0.2) is 23.0 Å². The third-order valence-corrected chi connectivity index (χ3v) is 18.8. The molecule has 2 aliphatic rings. The van der Waals surface area contributed by atoms with Crippen molar-refractivity contribution in [3.63, 3.8) is 0 Å². The van der Waals surface area contributed by atoms with E-state index in [4.69, 9.17) is 52.1 Å². The van der Waals surface area contributed by atoms with E-state index in [1.54, 1.807) is 60.7 Å². The molecule has 2 heterocycles. The van der Waals surface area contributed by atoms with Crippen LogP contribution in [0.3, 0.4) is 0 Å². The van der Waals surface area contributed by atoms with Crippen LogP contribution in [-0.2, 0) is 53.2 Å². The number of fused-ring (bicyclic) bond motifs is 2. The standard InChI is InChI=1S/C65H86N6O19S2/c1-4-7-24-70(25-8-5-2)91(76,77)52-18-12-47(13-19-52)66-58-61(65(75)62(58)72)69-50-17-23-55-57(45-50)90-42-37-84-34-39-86-51(46-85-38-43-88-55)11-10-27-71(26-9-6-3)92(78,79)53-20-14-48(15-21-53)67-59-60(64(74)63(59)73)68-49-16-22-54-56(44-49)89-41-36-83-33-31-81-29-28-80-30-32-82-35-40-87-54/h12-23,44-45,51,66-69H,4-11,24-43,46H2,1-3H3. The monoisotopic (exact) mass is 1320 g/mol. The number of nitrogens with one attached hydrogen (secondary N) is 4. The molecule has 0 aliphatic carbocycles. The van der Waals surface area contributed by atoms with E-state index in [0.29, 0.717) is 124 Å². The summed E-state index contributed by atoms with van der Waals surface area (Å²) < 4.78 is 123. The van der Waals surface area contributed by atoms with Gasteiger partial charge < -0.3 is 73.4 Å². The Labute approximate surface area is 537 Å². The van der Waals surface area contributed by atoms with E-state index in [1.165, 1.54) is 32.9 Å². The maximum atomic E-state index is 14.3. The molecule has 0 radical (unpaired) electrons. The van der Waals surface area contributed by atoms with E-state index < -0.39 is 47.9 Å². The van der Waals surface area contributed by atoms with Crippen LogP contribution in [0.1, 0.15) is 72.1 Å². The van der Waals surface area contributed by atoms with Crippen molar-refractivity contribution in [2.24, 2.45) is 0 Å². The first-order chi connectivity index (χ1) is 44.7. The molecule has 6 aromatic carbocycles. The minimum Gasteiger partial charge on any atom is -0.487 e. The second kappa shape index (κ2) is 36.4. The summed E-state index contributed by atoms with van der Waals surface area (Å²) in [5, 5.41) is 12.1. The second-order valence-electron chi connectivity index (χ2n) is 21.7. The van der Waals surface area contributed by atoms with E-state index in [9.17, 15) is 36.0 Å². The fourth-order valence-corrected chi connectivity index (χ4v) is 12.8. The molecule has 6 aromatic rings. The van der Waals surface area contributed by atoms with Crippen LogP contribution >= 0.6 is 0 Å². The summed E-state index contributed by atoms with van der Waals surface area (Å²) in [7, 11) is -7.72. The maximum absolute atomic E-state index is 14.3. The van der Waals surface area contributed by atoms with Gasteiger partial charge in [0.2, 0.25) is 20.0 Å². The van der Waals surface area contributed by atoms with Crippen molar-refractivity contribution in [3.8, 4) is 23.0 Å². The van der Waals surface area contributed by atoms with Crippen molar-refractivity contribution in [2.45, 2.75) is 88.0 Å². The molecule has 0 spiro atoms. The second-order valence-corrected chi connectivity index (χ2v) is 25.6. The molecule has 4 N–H and O–H groups in total. The first kappa shape index (κ1) is 70.8. The molecule has 1 atom stereocenters. The molecule has 0 amide bonds. The molecule has 92 heavy (non-hydrogen) atoms. The Morgan fingerprint density at radius 1 is 0.370 bits per heavy atom. The van der Waals surface area contributed by atoms with Crippen LogP contribution in [-0.4, -0.2) is 170 Å². The highest BCUT2D eigenvalue weighted by atomic mass is 32.2. The predicted octanol–water partition coefficient (Wildman–Crippen LogP) is 7.74. The summed E-state index contributed by atoms with van der Waals surface area (Å²) in [5.41, 5.74) is -1.09. The smallest absolute Gasteiger partial charge is 0.253 e. The Morgan fingerprint density at radius 3 is 1.04 bits per heavy atom. The van der Waals surface area contributed by atoms with Gasteiger partial charge in [0, 0.05) is 61.1 Å². The summed E-state index contributed by atoms with van der Waals surface area (Å²) in [4.78, 5) is 51.8. The van der Waals surface area contributed by atoms with Crippen LogP contribution in [0, 0.1) is 0 Å². The van der Waals surface area contributed by atoms with Crippen LogP contribution in [0.4, 0.5) is 45.5 Å². The van der Waals surface area contributed by atoms with Crippen molar-refractivity contribution in [1.29, 1.82) is 0 Å². The molecule has 2 aliphatic heterocycles. The molecule has 8 rings (SSSR count). The van der Waals surface area contributed by atoms with Gasteiger partial charge in [-0.3, -0.25) is 19.2 Å². The first-order valence-corrected chi connectivity index (χ1v) is 34.4. The van der Waals surface area contributed by atoms with Crippen LogP contribution < -0.4 is 61.9 Å². The molecule has 0 fully saturated rings. The fraction of sp³-hybridized carbons (Fsp3) is 0.508. The quantitative estimate of drug-likeness (QED) is 0.0398. The lowest BCUT2D eigenvalue weighted by Crippen LogP contribution is -2.35. The topological polar surface area (TPSA) is 293 Å². The molecule has 0 saturated carbocycles. The molecule has 0 bridgehead atoms. The summed E-state index contributed by atoms with van der Waals surface area (Å²) in [6, 6.07) is 22.1. The highest BCUT2D eigenvalue weighted by Gasteiger charge is 2.28. The number of sulfonamides is 2. The molecule has 25 nitrogen and oxygen atoms in total. The Hall–Kier alpha value is -7.02. The van der Waals surface area contributed by atoms with Crippen molar-refractivity contribution in [3.05, 3.63) is 126 Å². The summed E-state index contributed by atoms with van der Waals surface area (Å²) in [6.07, 6.45) is 5.14. The zero-order valence-corrected chi connectivity index (χ0v) is 54.3. The third-order valence-electron chi connectivity index (χ3n) is 14.9. The Balaban J connectivity index is 0.826. The van der Waals surface area contributed by atoms with Crippen LogP contribution in [0.2, 0.25) is 0 Å². The van der Waals surface area contributed by atoms with Crippen LogP contribution in [0.15, 0.2) is 114 Å². The van der Waals surface area contributed by atoms with Crippen molar-refractivity contribution in [1.82, 2.24) is 8.61 Å². The van der Waals surface area contributed by atoms with Crippen molar-refractivity contribution >= 4 is 65.5 Å². The molecule has 0 aromatic heterocycles. The van der Waals surface area contributed by atoms with E-state index in [1.807, 2.05) is 20.8 Å². The largest absolute Gasteiger partial charge is 0.487 e. The number of anilines is 8. The number of rotatable bonds is 25. The van der Waals surface area contributed by atoms with Gasteiger partial charge in [0.25, 0.3) is 21.7 Å². The average molecular weight is 1320 g/mol. The summed E-state index contributed by atoms with van der Waals surface area (Å²) >= 11 is 0. The Morgan fingerprint density at radius 2 is 0.674 bits per heavy atom. The molecular formula is C65H86N6O19S2. The zero-order valence-electron chi connectivity index (χ0n) is 52.6. The zero-order chi connectivity index (χ0) is 65.1. The van der Waals surface area contributed by atoms with E-state index >= 15 is 0 Å². The van der Waals surface area contributed by atoms with Crippen LogP contribution in [0.25, 0.3) is 0 Å². The van der Waals surface area contributed by atoms with Crippen molar-refractivity contribution < 1.29 is 68.9 Å². The highest BCUT2D eigenvalue weighted by Crippen LogP contribution is 2.36. The van der Waals surface area contributed by atoms with E-state index in [-0.39, 0.29) is 112 Å². The lowest BCUT2D eigenvalue weighted by molar-refractivity contribution is -0.0461. The number of nitrogens with zero attached hydrogens (tertiary/aromatic N) is 2. The molecule has 502 valence electrons. The lowest BCUT2D eigenvalue weighted by atomic mass is 10.1.